The molecule has 2 rings (SSSR count). The van der Waals surface area contributed by atoms with Gasteiger partial charge in [0, 0.05) is 11.1 Å². The van der Waals surface area contributed by atoms with E-state index in [1.54, 1.807) is 6.07 Å². The lowest BCUT2D eigenvalue weighted by atomic mass is 10.1. The van der Waals surface area contributed by atoms with Crippen LogP contribution in [-0.4, -0.2) is 0 Å². The summed E-state index contributed by atoms with van der Waals surface area (Å²) in [7, 11) is 0. The number of hydrogen-bond acceptors (Lipinski definition) is 1. The standard InChI is InChI=1S/C9H9F2N.ClH/c10-7-3-1-2-6(8(7)11)9(12)4-5-9;/h1-3H,4-5,12H2;1H. The maximum Gasteiger partial charge on any atom is 0.163 e. The minimum Gasteiger partial charge on any atom is -0.321 e. The molecule has 0 radical (unpaired) electrons. The Morgan fingerprint density at radius 2 is 1.85 bits per heavy atom. The molecular formula is C9H10ClF2N. The molecule has 0 saturated heterocycles. The molecule has 0 aliphatic heterocycles. The zero-order chi connectivity index (χ0) is 8.77. The van der Waals surface area contributed by atoms with Gasteiger partial charge in [-0.05, 0) is 18.9 Å². The van der Waals surface area contributed by atoms with Crippen molar-refractivity contribution in [2.75, 3.05) is 0 Å². The van der Waals surface area contributed by atoms with Crippen LogP contribution in [0.2, 0.25) is 0 Å². The summed E-state index contributed by atoms with van der Waals surface area (Å²) >= 11 is 0. The summed E-state index contributed by atoms with van der Waals surface area (Å²) in [6.45, 7) is 0. The van der Waals surface area contributed by atoms with Gasteiger partial charge in [0.2, 0.25) is 0 Å². The Bertz CT molecular complexity index is 323. The molecule has 1 aromatic rings. The van der Waals surface area contributed by atoms with Gasteiger partial charge in [0.15, 0.2) is 11.6 Å². The van der Waals surface area contributed by atoms with Crippen LogP contribution in [0.15, 0.2) is 18.2 Å². The molecule has 0 aromatic heterocycles. The van der Waals surface area contributed by atoms with Crippen LogP contribution in [0.4, 0.5) is 8.78 Å². The minimum absolute atomic E-state index is 0. The molecule has 1 aliphatic rings. The Morgan fingerprint density at radius 1 is 1.23 bits per heavy atom. The average Bonchev–Trinajstić information content (AvgIpc) is 2.75. The summed E-state index contributed by atoms with van der Waals surface area (Å²) in [5.41, 5.74) is 5.45. The molecule has 1 fully saturated rings. The summed E-state index contributed by atoms with van der Waals surface area (Å²) in [5, 5.41) is 0. The summed E-state index contributed by atoms with van der Waals surface area (Å²) < 4.78 is 25.8. The minimum atomic E-state index is -0.816. The monoisotopic (exact) mass is 205 g/mol. The predicted molar refractivity (Wildman–Crippen MR) is 48.7 cm³/mol. The van der Waals surface area contributed by atoms with Crippen LogP contribution in [0, 0.1) is 11.6 Å². The number of halogens is 3. The van der Waals surface area contributed by atoms with E-state index >= 15 is 0 Å². The highest BCUT2D eigenvalue weighted by molar-refractivity contribution is 5.85. The van der Waals surface area contributed by atoms with Gasteiger partial charge in [0.1, 0.15) is 0 Å². The molecule has 2 N–H and O–H groups in total. The first kappa shape index (κ1) is 10.4. The van der Waals surface area contributed by atoms with E-state index in [4.69, 9.17) is 5.73 Å². The molecule has 1 aromatic carbocycles. The maximum absolute atomic E-state index is 13.1. The normalized spacial score (nSPS) is 17.8. The van der Waals surface area contributed by atoms with Gasteiger partial charge >= 0.3 is 0 Å². The Hall–Kier alpha value is -0.670. The van der Waals surface area contributed by atoms with Crippen LogP contribution in [0.25, 0.3) is 0 Å². The highest BCUT2D eigenvalue weighted by atomic mass is 35.5. The Balaban J connectivity index is 0.000000845. The molecule has 0 unspecified atom stereocenters. The van der Waals surface area contributed by atoms with Gasteiger partial charge in [-0.2, -0.15) is 0 Å². The number of nitrogens with two attached hydrogens (primary N) is 1. The molecular weight excluding hydrogens is 196 g/mol. The fourth-order valence-corrected chi connectivity index (χ4v) is 1.29. The summed E-state index contributed by atoms with van der Waals surface area (Å²) in [6, 6.07) is 4.14. The van der Waals surface area contributed by atoms with Gasteiger partial charge in [-0.1, -0.05) is 12.1 Å². The second-order valence-electron chi connectivity index (χ2n) is 3.26. The van der Waals surface area contributed by atoms with Crippen molar-refractivity contribution in [3.05, 3.63) is 35.4 Å². The van der Waals surface area contributed by atoms with Crippen molar-refractivity contribution in [1.82, 2.24) is 0 Å². The van der Waals surface area contributed by atoms with Gasteiger partial charge in [-0.25, -0.2) is 8.78 Å². The van der Waals surface area contributed by atoms with Crippen molar-refractivity contribution in [3.63, 3.8) is 0 Å². The fourth-order valence-electron chi connectivity index (χ4n) is 1.29. The van der Waals surface area contributed by atoms with Crippen LogP contribution in [0.3, 0.4) is 0 Å². The van der Waals surface area contributed by atoms with Crippen molar-refractivity contribution >= 4 is 12.4 Å². The number of hydrogen-bond donors (Lipinski definition) is 1. The fraction of sp³-hybridized carbons (Fsp3) is 0.333. The third-order valence-electron chi connectivity index (χ3n) is 2.28. The van der Waals surface area contributed by atoms with Crippen LogP contribution in [0.5, 0.6) is 0 Å². The first-order chi connectivity index (χ1) is 5.63. The van der Waals surface area contributed by atoms with Gasteiger partial charge in [-0.3, -0.25) is 0 Å². The Labute approximate surface area is 81.3 Å². The SMILES string of the molecule is Cl.NC1(c2cccc(F)c2F)CC1. The second-order valence-corrected chi connectivity index (χ2v) is 3.26. The lowest BCUT2D eigenvalue weighted by molar-refractivity contribution is 0.486. The first-order valence-corrected chi connectivity index (χ1v) is 3.87. The van der Waals surface area contributed by atoms with Gasteiger partial charge in [0.05, 0.1) is 0 Å². The molecule has 72 valence electrons. The van der Waals surface area contributed by atoms with E-state index in [0.29, 0.717) is 5.56 Å². The van der Waals surface area contributed by atoms with Gasteiger partial charge in [-0.15, -0.1) is 12.4 Å². The lowest BCUT2D eigenvalue weighted by Crippen LogP contribution is -2.20. The van der Waals surface area contributed by atoms with Crippen LogP contribution < -0.4 is 5.73 Å². The quantitative estimate of drug-likeness (QED) is 0.748. The molecule has 13 heavy (non-hydrogen) atoms. The second kappa shape index (κ2) is 3.24. The molecule has 1 nitrogen and oxygen atoms in total. The molecule has 0 atom stereocenters. The number of rotatable bonds is 1. The summed E-state index contributed by atoms with van der Waals surface area (Å²) in [6.07, 6.45) is 1.49. The zero-order valence-electron chi connectivity index (χ0n) is 6.89. The van der Waals surface area contributed by atoms with Gasteiger partial charge in [0.25, 0.3) is 0 Å². The van der Waals surface area contributed by atoms with E-state index < -0.39 is 17.2 Å². The molecule has 0 spiro atoms. The van der Waals surface area contributed by atoms with Crippen LogP contribution in [0.1, 0.15) is 18.4 Å². The van der Waals surface area contributed by atoms with Crippen molar-refractivity contribution in [3.8, 4) is 0 Å². The van der Waals surface area contributed by atoms with E-state index in [1.807, 2.05) is 0 Å². The summed E-state index contributed by atoms with van der Waals surface area (Å²) in [4.78, 5) is 0. The van der Waals surface area contributed by atoms with E-state index in [1.165, 1.54) is 6.07 Å². The van der Waals surface area contributed by atoms with E-state index in [-0.39, 0.29) is 12.4 Å². The average molecular weight is 206 g/mol. The van der Waals surface area contributed by atoms with Crippen LogP contribution >= 0.6 is 12.4 Å². The lowest BCUT2D eigenvalue weighted by Gasteiger charge is -2.09. The van der Waals surface area contributed by atoms with Crippen molar-refractivity contribution < 1.29 is 8.78 Å². The highest BCUT2D eigenvalue weighted by Gasteiger charge is 2.42. The predicted octanol–water partition coefficient (Wildman–Crippen LogP) is 2.33. The van der Waals surface area contributed by atoms with E-state index in [2.05, 4.69) is 0 Å². The highest BCUT2D eigenvalue weighted by Crippen LogP contribution is 2.43. The van der Waals surface area contributed by atoms with Crippen LogP contribution in [-0.2, 0) is 5.54 Å². The molecule has 0 heterocycles. The smallest absolute Gasteiger partial charge is 0.163 e. The molecule has 0 bridgehead atoms. The largest absolute Gasteiger partial charge is 0.321 e. The molecule has 1 saturated carbocycles. The van der Waals surface area contributed by atoms with Gasteiger partial charge < -0.3 is 5.73 Å². The zero-order valence-corrected chi connectivity index (χ0v) is 7.70. The first-order valence-electron chi connectivity index (χ1n) is 3.87. The molecule has 0 amide bonds. The van der Waals surface area contributed by atoms with E-state index in [9.17, 15) is 8.78 Å². The maximum atomic E-state index is 13.1. The third-order valence-corrected chi connectivity index (χ3v) is 2.28. The van der Waals surface area contributed by atoms with Crippen molar-refractivity contribution in [2.45, 2.75) is 18.4 Å². The third kappa shape index (κ3) is 1.67. The van der Waals surface area contributed by atoms with Crippen molar-refractivity contribution in [2.24, 2.45) is 5.73 Å². The number of benzene rings is 1. The van der Waals surface area contributed by atoms with Crippen molar-refractivity contribution in [1.29, 1.82) is 0 Å². The van der Waals surface area contributed by atoms with E-state index in [0.717, 1.165) is 18.9 Å². The molecule has 4 heteroatoms. The Kier molecular flexibility index (Phi) is 2.59. The topological polar surface area (TPSA) is 26.0 Å². The summed E-state index contributed by atoms with van der Waals surface area (Å²) in [5.74, 6) is -1.61. The molecule has 1 aliphatic carbocycles. The Morgan fingerprint density at radius 3 is 2.38 bits per heavy atom.